The Bertz CT molecular complexity index is 762. The Balaban J connectivity index is 2.14. The number of hydrogen-bond acceptors (Lipinski definition) is 5. The molecule has 0 saturated heterocycles. The number of carbonyl (C=O) groups excluding carboxylic acids is 1. The molecule has 0 saturated carbocycles. The molecule has 6 nitrogen and oxygen atoms in total. The van der Waals surface area contributed by atoms with E-state index in [9.17, 15) is 4.79 Å². The van der Waals surface area contributed by atoms with E-state index in [-0.39, 0.29) is 0 Å². The molecule has 0 unspecified atom stereocenters. The third-order valence-corrected chi connectivity index (χ3v) is 3.45. The van der Waals surface area contributed by atoms with Crippen molar-refractivity contribution >= 4 is 23.7 Å². The highest BCUT2D eigenvalue weighted by Gasteiger charge is 2.12. The van der Waals surface area contributed by atoms with Gasteiger partial charge in [-0.25, -0.2) is 5.43 Å². The summed E-state index contributed by atoms with van der Waals surface area (Å²) in [5.74, 6) is 1.22. The Hall–Kier alpha value is -2.73. The van der Waals surface area contributed by atoms with E-state index in [2.05, 4.69) is 10.5 Å². The standard InChI is InChI=1S/C17H17ClN2O4/c1-22-13-6-4-11(16(9-13)24-3)10-19-20-17(21)14-8-12(18)5-7-15(14)23-2/h4-10H,1-3H3,(H,20,21). The van der Waals surface area contributed by atoms with Crippen molar-refractivity contribution in [3.63, 3.8) is 0 Å². The van der Waals surface area contributed by atoms with Gasteiger partial charge >= 0.3 is 0 Å². The predicted octanol–water partition coefficient (Wildman–Crippen LogP) is 3.13. The lowest BCUT2D eigenvalue weighted by Gasteiger charge is -2.08. The average Bonchev–Trinajstić information content (AvgIpc) is 2.61. The number of hydrogen-bond donors (Lipinski definition) is 1. The van der Waals surface area contributed by atoms with Crippen LogP contribution in [0.4, 0.5) is 0 Å². The molecule has 1 amide bonds. The molecule has 0 aliphatic carbocycles. The highest BCUT2D eigenvalue weighted by molar-refractivity contribution is 6.31. The summed E-state index contributed by atoms with van der Waals surface area (Å²) in [4.78, 5) is 12.2. The molecule has 0 heterocycles. The van der Waals surface area contributed by atoms with Crippen LogP contribution in [-0.4, -0.2) is 33.5 Å². The fraction of sp³-hybridized carbons (Fsp3) is 0.176. The van der Waals surface area contributed by atoms with E-state index in [0.29, 0.717) is 33.4 Å². The van der Waals surface area contributed by atoms with Crippen molar-refractivity contribution < 1.29 is 19.0 Å². The van der Waals surface area contributed by atoms with Gasteiger partial charge in [-0.15, -0.1) is 0 Å². The minimum atomic E-state index is -0.432. The van der Waals surface area contributed by atoms with Gasteiger partial charge in [-0.2, -0.15) is 5.10 Å². The lowest BCUT2D eigenvalue weighted by atomic mass is 10.2. The number of amides is 1. The minimum absolute atomic E-state index is 0.295. The second kappa shape index (κ2) is 8.21. The molecule has 0 aromatic heterocycles. The molecular weight excluding hydrogens is 332 g/mol. The van der Waals surface area contributed by atoms with Gasteiger partial charge in [-0.3, -0.25) is 4.79 Å². The molecule has 0 fully saturated rings. The van der Waals surface area contributed by atoms with E-state index < -0.39 is 5.91 Å². The van der Waals surface area contributed by atoms with Crippen molar-refractivity contribution in [2.75, 3.05) is 21.3 Å². The summed E-state index contributed by atoms with van der Waals surface area (Å²) in [5, 5.41) is 4.38. The molecule has 0 bridgehead atoms. The van der Waals surface area contributed by atoms with Crippen LogP contribution in [-0.2, 0) is 0 Å². The Labute approximate surface area is 145 Å². The molecule has 0 atom stereocenters. The first-order valence-electron chi connectivity index (χ1n) is 6.98. The molecule has 2 aromatic rings. The summed E-state index contributed by atoms with van der Waals surface area (Å²) < 4.78 is 15.5. The third kappa shape index (κ3) is 4.17. The quantitative estimate of drug-likeness (QED) is 0.643. The van der Waals surface area contributed by atoms with Crippen LogP contribution in [0.15, 0.2) is 41.5 Å². The zero-order chi connectivity index (χ0) is 17.5. The third-order valence-electron chi connectivity index (χ3n) is 3.22. The van der Waals surface area contributed by atoms with Crippen molar-refractivity contribution in [2.45, 2.75) is 0 Å². The first kappa shape index (κ1) is 17.6. The molecule has 2 aromatic carbocycles. The number of nitrogens with one attached hydrogen (secondary N) is 1. The summed E-state index contributed by atoms with van der Waals surface area (Å²) in [6.45, 7) is 0. The molecule has 126 valence electrons. The highest BCUT2D eigenvalue weighted by Crippen LogP contribution is 2.24. The smallest absolute Gasteiger partial charge is 0.275 e. The summed E-state index contributed by atoms with van der Waals surface area (Å²) in [6, 6.07) is 10.0. The summed E-state index contributed by atoms with van der Waals surface area (Å²) >= 11 is 5.91. The highest BCUT2D eigenvalue weighted by atomic mass is 35.5. The molecule has 24 heavy (non-hydrogen) atoms. The molecule has 0 spiro atoms. The van der Waals surface area contributed by atoms with Crippen LogP contribution in [0.1, 0.15) is 15.9 Å². The van der Waals surface area contributed by atoms with E-state index in [1.165, 1.54) is 19.4 Å². The Morgan fingerprint density at radius 3 is 2.46 bits per heavy atom. The van der Waals surface area contributed by atoms with Crippen LogP contribution in [0.25, 0.3) is 0 Å². The second-order valence-electron chi connectivity index (χ2n) is 4.65. The zero-order valence-electron chi connectivity index (χ0n) is 13.5. The van der Waals surface area contributed by atoms with Gasteiger partial charge in [0.1, 0.15) is 17.2 Å². The van der Waals surface area contributed by atoms with E-state index >= 15 is 0 Å². The Morgan fingerprint density at radius 2 is 1.79 bits per heavy atom. The fourth-order valence-corrected chi connectivity index (χ4v) is 2.18. The number of ether oxygens (including phenoxy) is 3. The number of nitrogens with zero attached hydrogens (tertiary/aromatic N) is 1. The molecule has 0 aliphatic heterocycles. The first-order chi connectivity index (χ1) is 11.6. The van der Waals surface area contributed by atoms with Gasteiger partial charge in [0, 0.05) is 16.7 Å². The maximum absolute atomic E-state index is 12.2. The number of carbonyl (C=O) groups is 1. The summed E-state index contributed by atoms with van der Waals surface area (Å²) in [5.41, 5.74) is 3.42. The fourth-order valence-electron chi connectivity index (χ4n) is 2.00. The SMILES string of the molecule is COc1ccc(C=NNC(=O)c2cc(Cl)ccc2OC)c(OC)c1. The van der Waals surface area contributed by atoms with Gasteiger partial charge in [0.25, 0.3) is 5.91 Å². The van der Waals surface area contributed by atoms with Gasteiger partial charge < -0.3 is 14.2 Å². The maximum Gasteiger partial charge on any atom is 0.275 e. The van der Waals surface area contributed by atoms with Gasteiger partial charge in [-0.05, 0) is 30.3 Å². The molecule has 1 N–H and O–H groups in total. The normalized spacial score (nSPS) is 10.5. The average molecular weight is 349 g/mol. The predicted molar refractivity (Wildman–Crippen MR) is 92.6 cm³/mol. The van der Waals surface area contributed by atoms with Crippen molar-refractivity contribution in [1.82, 2.24) is 5.43 Å². The minimum Gasteiger partial charge on any atom is -0.497 e. The Morgan fingerprint density at radius 1 is 1.04 bits per heavy atom. The van der Waals surface area contributed by atoms with Crippen molar-refractivity contribution in [3.8, 4) is 17.2 Å². The summed E-state index contributed by atoms with van der Waals surface area (Å²) in [7, 11) is 4.59. The van der Waals surface area contributed by atoms with E-state index in [1.54, 1.807) is 44.6 Å². The lowest BCUT2D eigenvalue weighted by molar-refractivity contribution is 0.0952. The largest absolute Gasteiger partial charge is 0.497 e. The molecule has 2 rings (SSSR count). The number of rotatable bonds is 6. The summed E-state index contributed by atoms with van der Waals surface area (Å²) in [6.07, 6.45) is 1.48. The Kier molecular flexibility index (Phi) is 6.03. The van der Waals surface area contributed by atoms with Crippen LogP contribution in [0.3, 0.4) is 0 Å². The molecule has 0 aliphatic rings. The zero-order valence-corrected chi connectivity index (χ0v) is 14.3. The number of methoxy groups -OCH3 is 3. The van der Waals surface area contributed by atoms with Crippen LogP contribution in [0, 0.1) is 0 Å². The topological polar surface area (TPSA) is 69.2 Å². The lowest BCUT2D eigenvalue weighted by Crippen LogP contribution is -2.18. The van der Waals surface area contributed by atoms with Crippen molar-refractivity contribution in [1.29, 1.82) is 0 Å². The van der Waals surface area contributed by atoms with Crippen LogP contribution < -0.4 is 19.6 Å². The number of hydrazone groups is 1. The molecule has 7 heteroatoms. The second-order valence-corrected chi connectivity index (χ2v) is 5.09. The van der Waals surface area contributed by atoms with Crippen molar-refractivity contribution in [3.05, 3.63) is 52.5 Å². The first-order valence-corrected chi connectivity index (χ1v) is 7.35. The van der Waals surface area contributed by atoms with Crippen LogP contribution in [0.2, 0.25) is 5.02 Å². The van der Waals surface area contributed by atoms with Crippen LogP contribution in [0.5, 0.6) is 17.2 Å². The van der Waals surface area contributed by atoms with Crippen molar-refractivity contribution in [2.24, 2.45) is 5.10 Å². The number of benzene rings is 2. The maximum atomic E-state index is 12.2. The van der Waals surface area contributed by atoms with Gasteiger partial charge in [0.2, 0.25) is 0 Å². The van der Waals surface area contributed by atoms with E-state index in [1.807, 2.05) is 0 Å². The van der Waals surface area contributed by atoms with Gasteiger partial charge in [0.15, 0.2) is 0 Å². The van der Waals surface area contributed by atoms with E-state index in [0.717, 1.165) is 0 Å². The van der Waals surface area contributed by atoms with Crippen LogP contribution >= 0.6 is 11.6 Å². The van der Waals surface area contributed by atoms with E-state index in [4.69, 9.17) is 25.8 Å². The number of halogens is 1. The monoisotopic (exact) mass is 348 g/mol. The molecular formula is C17H17ClN2O4. The van der Waals surface area contributed by atoms with Gasteiger partial charge in [0.05, 0.1) is 33.1 Å². The van der Waals surface area contributed by atoms with Gasteiger partial charge in [-0.1, -0.05) is 11.6 Å². The molecule has 0 radical (unpaired) electrons.